The Hall–Kier alpha value is -2.14. The number of carbonyl (C=O) groups excluding carboxylic acids is 2. The van der Waals surface area contributed by atoms with Gasteiger partial charge in [-0.1, -0.05) is 24.3 Å². The quantitative estimate of drug-likeness (QED) is 0.891. The summed E-state index contributed by atoms with van der Waals surface area (Å²) in [7, 11) is 0. The van der Waals surface area contributed by atoms with E-state index in [-0.39, 0.29) is 30.9 Å². The standard InChI is InChI=1S/C17H22N2O3/c1-12(21)19-9-8-13-6-4-5-7-14(13)15(19)10-16(22)18-17(2,3)11-20/h4-9,15,20H,10-11H2,1-3H3,(H,18,22). The number of benzene rings is 1. The molecule has 1 aromatic rings. The minimum atomic E-state index is -0.678. The van der Waals surface area contributed by atoms with E-state index >= 15 is 0 Å². The molecule has 0 saturated carbocycles. The lowest BCUT2D eigenvalue weighted by Gasteiger charge is -2.33. The molecule has 2 rings (SSSR count). The van der Waals surface area contributed by atoms with Crippen molar-refractivity contribution >= 4 is 17.9 Å². The highest BCUT2D eigenvalue weighted by atomic mass is 16.3. The minimum Gasteiger partial charge on any atom is -0.394 e. The Balaban J connectivity index is 2.24. The Kier molecular flexibility index (Phi) is 4.66. The second-order valence-corrected chi connectivity index (χ2v) is 6.18. The van der Waals surface area contributed by atoms with Crippen LogP contribution >= 0.6 is 0 Å². The molecular weight excluding hydrogens is 280 g/mol. The molecule has 1 atom stereocenters. The maximum atomic E-state index is 12.3. The lowest BCUT2D eigenvalue weighted by Crippen LogP contribution is -2.47. The average Bonchev–Trinajstić information content (AvgIpc) is 2.46. The van der Waals surface area contributed by atoms with Crippen molar-refractivity contribution in [3.8, 4) is 0 Å². The molecule has 0 spiro atoms. The van der Waals surface area contributed by atoms with Crippen LogP contribution in [0.1, 0.15) is 44.4 Å². The fourth-order valence-electron chi connectivity index (χ4n) is 2.56. The molecule has 0 fully saturated rings. The predicted octanol–water partition coefficient (Wildman–Crippen LogP) is 1.84. The van der Waals surface area contributed by atoms with Crippen LogP contribution in [0.2, 0.25) is 0 Å². The molecule has 1 unspecified atom stereocenters. The summed E-state index contributed by atoms with van der Waals surface area (Å²) < 4.78 is 0. The maximum Gasteiger partial charge on any atom is 0.223 e. The number of aliphatic hydroxyl groups excluding tert-OH is 1. The number of carbonyl (C=O) groups is 2. The normalized spacial score (nSPS) is 17.1. The predicted molar refractivity (Wildman–Crippen MR) is 84.7 cm³/mol. The molecule has 2 N–H and O–H groups in total. The largest absolute Gasteiger partial charge is 0.394 e. The van der Waals surface area contributed by atoms with Crippen LogP contribution in [0, 0.1) is 0 Å². The van der Waals surface area contributed by atoms with E-state index in [1.165, 1.54) is 6.92 Å². The molecule has 0 aliphatic carbocycles. The third-order valence-electron chi connectivity index (χ3n) is 3.72. The van der Waals surface area contributed by atoms with Gasteiger partial charge in [0.25, 0.3) is 0 Å². The van der Waals surface area contributed by atoms with E-state index in [1.54, 1.807) is 24.9 Å². The Morgan fingerprint density at radius 2 is 2.00 bits per heavy atom. The first-order valence-corrected chi connectivity index (χ1v) is 7.32. The van der Waals surface area contributed by atoms with Crippen molar-refractivity contribution in [1.29, 1.82) is 0 Å². The van der Waals surface area contributed by atoms with Gasteiger partial charge in [0.2, 0.25) is 11.8 Å². The van der Waals surface area contributed by atoms with Crippen molar-refractivity contribution in [2.24, 2.45) is 0 Å². The van der Waals surface area contributed by atoms with Crippen LogP contribution in [-0.4, -0.2) is 34.0 Å². The summed E-state index contributed by atoms with van der Waals surface area (Å²) in [4.78, 5) is 25.7. The van der Waals surface area contributed by atoms with Gasteiger partial charge in [0.15, 0.2) is 0 Å². The monoisotopic (exact) mass is 302 g/mol. The summed E-state index contributed by atoms with van der Waals surface area (Å²) in [6.45, 7) is 4.85. The van der Waals surface area contributed by atoms with Gasteiger partial charge in [-0.3, -0.25) is 9.59 Å². The molecular formula is C17H22N2O3. The second-order valence-electron chi connectivity index (χ2n) is 6.18. The van der Waals surface area contributed by atoms with E-state index in [2.05, 4.69) is 5.32 Å². The van der Waals surface area contributed by atoms with Gasteiger partial charge in [-0.25, -0.2) is 0 Å². The summed E-state index contributed by atoms with van der Waals surface area (Å²) in [5.74, 6) is -0.301. The van der Waals surface area contributed by atoms with E-state index in [4.69, 9.17) is 0 Å². The van der Waals surface area contributed by atoms with Crippen molar-refractivity contribution in [1.82, 2.24) is 10.2 Å². The molecule has 5 nitrogen and oxygen atoms in total. The zero-order chi connectivity index (χ0) is 16.3. The number of rotatable bonds is 4. The van der Waals surface area contributed by atoms with Crippen LogP contribution in [0.4, 0.5) is 0 Å². The van der Waals surface area contributed by atoms with Crippen molar-refractivity contribution in [3.05, 3.63) is 41.6 Å². The molecule has 0 saturated heterocycles. The average molecular weight is 302 g/mol. The lowest BCUT2D eigenvalue weighted by molar-refractivity contribution is -0.130. The highest BCUT2D eigenvalue weighted by molar-refractivity contribution is 5.82. The first-order valence-electron chi connectivity index (χ1n) is 7.32. The number of hydrogen-bond donors (Lipinski definition) is 2. The number of nitrogens with zero attached hydrogens (tertiary/aromatic N) is 1. The summed E-state index contributed by atoms with van der Waals surface area (Å²) >= 11 is 0. The Labute approximate surface area is 130 Å². The van der Waals surface area contributed by atoms with Crippen molar-refractivity contribution in [2.75, 3.05) is 6.61 Å². The molecule has 0 radical (unpaired) electrons. The number of nitrogens with one attached hydrogen (secondary N) is 1. The zero-order valence-corrected chi connectivity index (χ0v) is 13.2. The summed E-state index contributed by atoms with van der Waals surface area (Å²) in [5.41, 5.74) is 1.29. The van der Waals surface area contributed by atoms with Gasteiger partial charge in [-0.15, -0.1) is 0 Å². The van der Waals surface area contributed by atoms with E-state index in [0.717, 1.165) is 11.1 Å². The van der Waals surface area contributed by atoms with Gasteiger partial charge < -0.3 is 15.3 Å². The fourth-order valence-corrected chi connectivity index (χ4v) is 2.56. The maximum absolute atomic E-state index is 12.3. The summed E-state index contributed by atoms with van der Waals surface area (Å²) in [5, 5.41) is 12.0. The number of aliphatic hydroxyl groups is 1. The number of fused-ring (bicyclic) bond motifs is 1. The summed E-state index contributed by atoms with van der Waals surface area (Å²) in [6.07, 6.45) is 3.76. The molecule has 0 bridgehead atoms. The summed E-state index contributed by atoms with van der Waals surface area (Å²) in [6, 6.07) is 7.40. The van der Waals surface area contributed by atoms with Crippen molar-refractivity contribution < 1.29 is 14.7 Å². The van der Waals surface area contributed by atoms with Crippen molar-refractivity contribution in [3.63, 3.8) is 0 Å². The van der Waals surface area contributed by atoms with E-state index in [0.29, 0.717) is 0 Å². The van der Waals surface area contributed by atoms with Crippen LogP contribution in [0.3, 0.4) is 0 Å². The van der Waals surface area contributed by atoms with Gasteiger partial charge in [0.1, 0.15) is 0 Å². The fraction of sp³-hybridized carbons (Fsp3) is 0.412. The van der Waals surface area contributed by atoms with Gasteiger partial charge in [0, 0.05) is 13.1 Å². The first-order chi connectivity index (χ1) is 10.3. The van der Waals surface area contributed by atoms with Gasteiger partial charge in [-0.2, -0.15) is 0 Å². The van der Waals surface area contributed by atoms with Crippen LogP contribution in [-0.2, 0) is 9.59 Å². The third kappa shape index (κ3) is 3.54. The molecule has 1 aliphatic rings. The Morgan fingerprint density at radius 3 is 2.64 bits per heavy atom. The molecule has 2 amide bonds. The van der Waals surface area contributed by atoms with Gasteiger partial charge in [0.05, 0.1) is 24.6 Å². The minimum absolute atomic E-state index is 0.107. The Morgan fingerprint density at radius 1 is 1.32 bits per heavy atom. The molecule has 1 aromatic carbocycles. The first kappa shape index (κ1) is 16.2. The van der Waals surface area contributed by atoms with Gasteiger partial charge in [-0.05, 0) is 31.1 Å². The van der Waals surface area contributed by atoms with Crippen LogP contribution in [0.15, 0.2) is 30.5 Å². The van der Waals surface area contributed by atoms with E-state index < -0.39 is 5.54 Å². The van der Waals surface area contributed by atoms with Gasteiger partial charge >= 0.3 is 0 Å². The van der Waals surface area contributed by atoms with E-state index in [1.807, 2.05) is 30.3 Å². The smallest absolute Gasteiger partial charge is 0.223 e. The van der Waals surface area contributed by atoms with E-state index in [9.17, 15) is 14.7 Å². The Bertz CT molecular complexity index is 608. The molecule has 0 aromatic heterocycles. The highest BCUT2D eigenvalue weighted by Crippen LogP contribution is 2.32. The SMILES string of the molecule is CC(=O)N1C=Cc2ccccc2C1CC(=O)NC(C)(C)CO. The molecule has 1 aliphatic heterocycles. The van der Waals surface area contributed by atoms with Crippen LogP contribution < -0.4 is 5.32 Å². The molecule has 118 valence electrons. The second kappa shape index (κ2) is 6.32. The lowest BCUT2D eigenvalue weighted by atomic mass is 9.93. The third-order valence-corrected chi connectivity index (χ3v) is 3.72. The molecule has 22 heavy (non-hydrogen) atoms. The number of hydrogen-bond acceptors (Lipinski definition) is 3. The molecule has 1 heterocycles. The topological polar surface area (TPSA) is 69.6 Å². The van der Waals surface area contributed by atoms with Crippen LogP contribution in [0.25, 0.3) is 6.08 Å². The van der Waals surface area contributed by atoms with Crippen LogP contribution in [0.5, 0.6) is 0 Å². The highest BCUT2D eigenvalue weighted by Gasteiger charge is 2.29. The molecule has 5 heteroatoms. The van der Waals surface area contributed by atoms with Crippen molar-refractivity contribution in [2.45, 2.75) is 38.8 Å². The number of amides is 2. The zero-order valence-electron chi connectivity index (χ0n) is 13.2.